The van der Waals surface area contributed by atoms with Crippen LogP contribution in [0.15, 0.2) is 61.2 Å². The molecule has 1 fully saturated rings. The van der Waals surface area contributed by atoms with Gasteiger partial charge in [0.15, 0.2) is 5.79 Å². The van der Waals surface area contributed by atoms with Crippen molar-refractivity contribution in [2.45, 2.75) is 63.5 Å². The maximum Gasteiger partial charge on any atom is 0.331 e. The molecule has 0 aromatic heterocycles. The summed E-state index contributed by atoms with van der Waals surface area (Å²) in [4.78, 5) is 12.4. The number of carbonyl (C=O) groups is 1. The molecule has 0 aliphatic carbocycles. The molecular weight excluding hydrogens is 372 g/mol. The molecule has 1 heterocycles. The van der Waals surface area contributed by atoms with E-state index in [0.717, 1.165) is 5.56 Å². The molecule has 0 unspecified atom stereocenters. The predicted octanol–water partition coefficient (Wildman–Crippen LogP) is 3.01. The molecule has 1 aliphatic heterocycles. The Morgan fingerprint density at radius 1 is 1.28 bits per heavy atom. The van der Waals surface area contributed by atoms with Crippen molar-refractivity contribution in [3.05, 3.63) is 66.8 Å². The number of hydrogen-bond donors (Lipinski definition) is 2. The third kappa shape index (κ3) is 7.25. The molecule has 6 heteroatoms. The Hall–Kier alpha value is -2.25. The van der Waals surface area contributed by atoms with Crippen LogP contribution in [0.5, 0.6) is 0 Å². The second-order valence-electron chi connectivity index (χ2n) is 7.42. The van der Waals surface area contributed by atoms with Crippen molar-refractivity contribution in [3.8, 4) is 0 Å². The lowest BCUT2D eigenvalue weighted by atomic mass is 10.0. The van der Waals surface area contributed by atoms with Crippen LogP contribution in [-0.4, -0.2) is 52.5 Å². The molecule has 1 aromatic carbocycles. The van der Waals surface area contributed by atoms with Crippen LogP contribution in [-0.2, 0) is 19.0 Å². The van der Waals surface area contributed by atoms with Gasteiger partial charge >= 0.3 is 5.97 Å². The van der Waals surface area contributed by atoms with Gasteiger partial charge in [0.2, 0.25) is 0 Å². The van der Waals surface area contributed by atoms with E-state index in [2.05, 4.69) is 6.58 Å². The molecule has 0 amide bonds. The molecule has 0 saturated carbocycles. The van der Waals surface area contributed by atoms with Crippen molar-refractivity contribution < 1.29 is 29.2 Å². The molecule has 0 bridgehead atoms. The van der Waals surface area contributed by atoms with E-state index in [1.54, 1.807) is 32.1 Å². The van der Waals surface area contributed by atoms with Crippen LogP contribution < -0.4 is 0 Å². The van der Waals surface area contributed by atoms with Gasteiger partial charge in [-0.2, -0.15) is 0 Å². The Morgan fingerprint density at radius 3 is 2.59 bits per heavy atom. The van der Waals surface area contributed by atoms with Crippen LogP contribution in [0.4, 0.5) is 0 Å². The number of hydrogen-bond acceptors (Lipinski definition) is 6. The van der Waals surface area contributed by atoms with Crippen molar-refractivity contribution in [2.24, 2.45) is 0 Å². The van der Waals surface area contributed by atoms with Crippen molar-refractivity contribution in [1.29, 1.82) is 0 Å². The summed E-state index contributed by atoms with van der Waals surface area (Å²) in [5.74, 6) is -1.39. The number of aliphatic hydroxyl groups is 2. The van der Waals surface area contributed by atoms with Gasteiger partial charge in [0.1, 0.15) is 18.3 Å². The van der Waals surface area contributed by atoms with Gasteiger partial charge in [-0.3, -0.25) is 0 Å². The quantitative estimate of drug-likeness (QED) is 0.375. The molecule has 1 aliphatic rings. The SMILES string of the molecule is C=CC[C@@H](OC(=O)/C=C/c1ccccc1)[C@H]1OC(C)(C)O[C@@H]1/C=C/[C@H](O)[C@H](C)O. The highest BCUT2D eigenvalue weighted by Gasteiger charge is 2.45. The van der Waals surface area contributed by atoms with Gasteiger partial charge in [0.25, 0.3) is 0 Å². The monoisotopic (exact) mass is 402 g/mol. The number of esters is 1. The number of benzene rings is 1. The first-order chi connectivity index (χ1) is 13.7. The van der Waals surface area contributed by atoms with Crippen molar-refractivity contribution in [3.63, 3.8) is 0 Å². The largest absolute Gasteiger partial charge is 0.456 e. The predicted molar refractivity (Wildman–Crippen MR) is 111 cm³/mol. The molecule has 158 valence electrons. The Kier molecular flexibility index (Phi) is 8.34. The summed E-state index contributed by atoms with van der Waals surface area (Å²) in [5, 5.41) is 19.3. The second-order valence-corrected chi connectivity index (χ2v) is 7.42. The fourth-order valence-corrected chi connectivity index (χ4v) is 2.97. The lowest BCUT2D eigenvalue weighted by Gasteiger charge is -2.24. The van der Waals surface area contributed by atoms with Crippen LogP contribution in [0.2, 0.25) is 0 Å². The molecule has 2 N–H and O–H groups in total. The van der Waals surface area contributed by atoms with Gasteiger partial charge in [-0.25, -0.2) is 4.79 Å². The first kappa shape index (κ1) is 23.0. The summed E-state index contributed by atoms with van der Waals surface area (Å²) in [6.45, 7) is 8.75. The van der Waals surface area contributed by atoms with Crippen LogP contribution in [0.3, 0.4) is 0 Å². The van der Waals surface area contributed by atoms with E-state index >= 15 is 0 Å². The van der Waals surface area contributed by atoms with Gasteiger partial charge in [0, 0.05) is 12.5 Å². The highest BCUT2D eigenvalue weighted by molar-refractivity contribution is 5.87. The third-order valence-electron chi connectivity index (χ3n) is 4.40. The van der Waals surface area contributed by atoms with E-state index in [1.165, 1.54) is 19.1 Å². The fraction of sp³-hybridized carbons (Fsp3) is 0.435. The first-order valence-corrected chi connectivity index (χ1v) is 9.66. The Morgan fingerprint density at radius 2 is 1.97 bits per heavy atom. The van der Waals surface area contributed by atoms with E-state index < -0.39 is 42.3 Å². The average Bonchev–Trinajstić information content (AvgIpc) is 2.99. The summed E-state index contributed by atoms with van der Waals surface area (Å²) < 4.78 is 17.5. The van der Waals surface area contributed by atoms with E-state index in [0.29, 0.717) is 6.42 Å². The van der Waals surface area contributed by atoms with E-state index in [1.807, 2.05) is 30.3 Å². The van der Waals surface area contributed by atoms with Gasteiger partial charge in [-0.1, -0.05) is 48.6 Å². The van der Waals surface area contributed by atoms with Gasteiger partial charge in [-0.15, -0.1) is 6.58 Å². The number of rotatable bonds is 9. The molecule has 0 radical (unpaired) electrons. The summed E-state index contributed by atoms with van der Waals surface area (Å²) in [6.07, 6.45) is 4.44. The summed E-state index contributed by atoms with van der Waals surface area (Å²) in [5.41, 5.74) is 0.888. The molecule has 1 aromatic rings. The average molecular weight is 402 g/mol. The molecule has 29 heavy (non-hydrogen) atoms. The number of ether oxygens (including phenoxy) is 3. The zero-order valence-corrected chi connectivity index (χ0v) is 17.1. The zero-order valence-electron chi connectivity index (χ0n) is 17.1. The zero-order chi connectivity index (χ0) is 21.4. The van der Waals surface area contributed by atoms with Crippen LogP contribution in [0.25, 0.3) is 6.08 Å². The van der Waals surface area contributed by atoms with Gasteiger partial charge < -0.3 is 24.4 Å². The maximum absolute atomic E-state index is 12.4. The topological polar surface area (TPSA) is 85.2 Å². The summed E-state index contributed by atoms with van der Waals surface area (Å²) in [6, 6.07) is 9.44. The van der Waals surface area contributed by atoms with Crippen molar-refractivity contribution in [2.75, 3.05) is 0 Å². The summed E-state index contributed by atoms with van der Waals surface area (Å²) >= 11 is 0. The van der Waals surface area contributed by atoms with E-state index in [9.17, 15) is 15.0 Å². The first-order valence-electron chi connectivity index (χ1n) is 9.66. The number of carbonyl (C=O) groups excluding carboxylic acids is 1. The Balaban J connectivity index is 2.12. The fourth-order valence-electron chi connectivity index (χ4n) is 2.97. The van der Waals surface area contributed by atoms with E-state index in [-0.39, 0.29) is 0 Å². The minimum atomic E-state index is -1.03. The van der Waals surface area contributed by atoms with E-state index in [4.69, 9.17) is 14.2 Å². The van der Waals surface area contributed by atoms with Crippen LogP contribution in [0.1, 0.15) is 32.8 Å². The van der Waals surface area contributed by atoms with Gasteiger partial charge in [-0.05, 0) is 32.4 Å². The molecule has 2 rings (SSSR count). The molecule has 1 saturated heterocycles. The van der Waals surface area contributed by atoms with Crippen molar-refractivity contribution in [1.82, 2.24) is 0 Å². The Bertz CT molecular complexity index is 722. The molecule has 6 nitrogen and oxygen atoms in total. The minimum absolute atomic E-state index is 0.373. The maximum atomic E-state index is 12.4. The standard InChI is InChI=1S/C23H30O6/c1-5-9-19(27-21(26)15-12-17-10-7-6-8-11-17)22-20(28-23(3,4)29-22)14-13-18(25)16(2)24/h5-8,10-16,18-20,22,24-25H,1,9H2,2-4H3/b14-13+,15-12+/t16-,18-,19+,20+,22+/m0/s1. The lowest BCUT2D eigenvalue weighted by Crippen LogP contribution is -2.38. The molecule has 5 atom stereocenters. The molecular formula is C23H30O6. The highest BCUT2D eigenvalue weighted by Crippen LogP contribution is 2.33. The highest BCUT2D eigenvalue weighted by atomic mass is 16.8. The third-order valence-corrected chi connectivity index (χ3v) is 4.40. The molecule has 0 spiro atoms. The smallest absolute Gasteiger partial charge is 0.331 e. The Labute approximate surface area is 172 Å². The van der Waals surface area contributed by atoms with Crippen molar-refractivity contribution >= 4 is 12.0 Å². The minimum Gasteiger partial charge on any atom is -0.456 e. The second kappa shape index (κ2) is 10.5. The number of aliphatic hydroxyl groups excluding tert-OH is 2. The van der Waals surface area contributed by atoms with Crippen LogP contribution >= 0.6 is 0 Å². The summed E-state index contributed by atoms with van der Waals surface area (Å²) in [7, 11) is 0. The van der Waals surface area contributed by atoms with Crippen LogP contribution in [0, 0.1) is 0 Å². The van der Waals surface area contributed by atoms with Gasteiger partial charge in [0.05, 0.1) is 12.2 Å². The normalized spacial score (nSPS) is 24.4. The lowest BCUT2D eigenvalue weighted by molar-refractivity contribution is -0.167.